The van der Waals surface area contributed by atoms with Crippen molar-refractivity contribution in [3.05, 3.63) is 36.3 Å². The van der Waals surface area contributed by atoms with Crippen LogP contribution in [0.3, 0.4) is 0 Å². The number of halogens is 1. The molecule has 0 bridgehead atoms. The van der Waals surface area contributed by atoms with Crippen LogP contribution >= 0.6 is 0 Å². The number of nitrogens with zero attached hydrogens (tertiary/aromatic N) is 3. The summed E-state index contributed by atoms with van der Waals surface area (Å²) in [6.45, 7) is 4.66. The van der Waals surface area contributed by atoms with Gasteiger partial charge in [0, 0.05) is 42.5 Å². The second kappa shape index (κ2) is 5.26. The van der Waals surface area contributed by atoms with E-state index < -0.39 is 0 Å². The van der Waals surface area contributed by atoms with Crippen molar-refractivity contribution in [3.8, 4) is 0 Å². The molecule has 2 aromatic rings. The average Bonchev–Trinajstić information content (AvgIpc) is 3.17. The van der Waals surface area contributed by atoms with Crippen LogP contribution in [-0.2, 0) is 0 Å². The van der Waals surface area contributed by atoms with Gasteiger partial charge < -0.3 is 4.90 Å². The Labute approximate surface area is 124 Å². The molecule has 2 fully saturated rings. The normalized spacial score (nSPS) is 23.3. The molecule has 0 saturated carbocycles. The number of rotatable bonds is 2. The molecule has 0 amide bonds. The van der Waals surface area contributed by atoms with Gasteiger partial charge >= 0.3 is 0 Å². The largest absolute Gasteiger partial charge is 0.369 e. The summed E-state index contributed by atoms with van der Waals surface area (Å²) in [6.07, 6.45) is 5.70. The van der Waals surface area contributed by atoms with Gasteiger partial charge in [0.25, 0.3) is 0 Å². The molecule has 4 rings (SSSR count). The first-order valence-electron chi connectivity index (χ1n) is 7.84. The van der Waals surface area contributed by atoms with Gasteiger partial charge in [-0.3, -0.25) is 9.88 Å². The maximum atomic E-state index is 13.4. The molecule has 2 aliphatic rings. The zero-order valence-corrected chi connectivity index (χ0v) is 12.1. The second-order valence-corrected chi connectivity index (χ2v) is 6.12. The third-order valence-electron chi connectivity index (χ3n) is 4.84. The lowest BCUT2D eigenvalue weighted by Crippen LogP contribution is -2.35. The fourth-order valence-corrected chi connectivity index (χ4v) is 3.75. The predicted molar refractivity (Wildman–Crippen MR) is 83.1 cm³/mol. The van der Waals surface area contributed by atoms with E-state index >= 15 is 0 Å². The fourth-order valence-electron chi connectivity index (χ4n) is 3.75. The highest BCUT2D eigenvalue weighted by molar-refractivity contribution is 5.91. The molecule has 1 atom stereocenters. The van der Waals surface area contributed by atoms with E-state index in [4.69, 9.17) is 0 Å². The van der Waals surface area contributed by atoms with Crippen LogP contribution in [0, 0.1) is 5.82 Å². The summed E-state index contributed by atoms with van der Waals surface area (Å²) in [5.41, 5.74) is 1.94. The maximum Gasteiger partial charge on any atom is 0.125 e. The van der Waals surface area contributed by atoms with E-state index in [0.29, 0.717) is 6.04 Å². The van der Waals surface area contributed by atoms with Crippen molar-refractivity contribution in [2.75, 3.05) is 31.1 Å². The maximum absolute atomic E-state index is 13.4. The number of anilines is 1. The summed E-state index contributed by atoms with van der Waals surface area (Å²) in [4.78, 5) is 9.36. The summed E-state index contributed by atoms with van der Waals surface area (Å²) >= 11 is 0. The summed E-state index contributed by atoms with van der Waals surface area (Å²) in [5.74, 6) is -0.219. The molecule has 0 spiro atoms. The number of aromatic nitrogens is 1. The van der Waals surface area contributed by atoms with Crippen molar-refractivity contribution in [2.24, 2.45) is 0 Å². The van der Waals surface area contributed by atoms with Crippen molar-refractivity contribution in [1.29, 1.82) is 0 Å². The van der Waals surface area contributed by atoms with Crippen molar-refractivity contribution < 1.29 is 4.39 Å². The summed E-state index contributed by atoms with van der Waals surface area (Å²) in [6, 6.07) is 7.65. The van der Waals surface area contributed by atoms with Gasteiger partial charge in [-0.15, -0.1) is 0 Å². The standard InChI is InChI=1S/C17H20FN3/c18-13-3-4-15-16(11-13)19-7-5-17(15)21-10-6-14(12-21)20-8-1-2-9-20/h3-5,7,11,14H,1-2,6,8-10,12H2. The minimum Gasteiger partial charge on any atom is -0.369 e. The quantitative estimate of drug-likeness (QED) is 0.845. The molecule has 110 valence electrons. The molecule has 4 heteroatoms. The summed E-state index contributed by atoms with van der Waals surface area (Å²) in [7, 11) is 0. The zero-order valence-electron chi connectivity index (χ0n) is 12.1. The van der Waals surface area contributed by atoms with Crippen LogP contribution in [0.25, 0.3) is 10.9 Å². The van der Waals surface area contributed by atoms with Gasteiger partial charge in [-0.25, -0.2) is 4.39 Å². The Hall–Kier alpha value is -1.68. The Kier molecular flexibility index (Phi) is 3.26. The Morgan fingerprint density at radius 3 is 2.81 bits per heavy atom. The highest BCUT2D eigenvalue weighted by Gasteiger charge is 2.29. The van der Waals surface area contributed by atoms with E-state index in [2.05, 4.69) is 20.9 Å². The molecular formula is C17H20FN3. The molecule has 3 nitrogen and oxygen atoms in total. The molecular weight excluding hydrogens is 265 g/mol. The highest BCUT2D eigenvalue weighted by Crippen LogP contribution is 2.30. The van der Waals surface area contributed by atoms with Gasteiger partial charge in [0.15, 0.2) is 0 Å². The second-order valence-electron chi connectivity index (χ2n) is 6.12. The molecule has 21 heavy (non-hydrogen) atoms. The minimum atomic E-state index is -0.219. The zero-order chi connectivity index (χ0) is 14.2. The molecule has 0 radical (unpaired) electrons. The molecule has 2 saturated heterocycles. The number of hydrogen-bond acceptors (Lipinski definition) is 3. The minimum absolute atomic E-state index is 0.219. The Bertz CT molecular complexity index is 652. The van der Waals surface area contributed by atoms with Crippen molar-refractivity contribution in [3.63, 3.8) is 0 Å². The van der Waals surface area contributed by atoms with E-state index in [-0.39, 0.29) is 5.82 Å². The lowest BCUT2D eigenvalue weighted by Gasteiger charge is -2.25. The lowest BCUT2D eigenvalue weighted by molar-refractivity contribution is 0.260. The van der Waals surface area contributed by atoms with E-state index in [1.54, 1.807) is 6.20 Å². The molecule has 1 aromatic heterocycles. The van der Waals surface area contributed by atoms with Crippen LogP contribution in [0.2, 0.25) is 0 Å². The van der Waals surface area contributed by atoms with Crippen molar-refractivity contribution >= 4 is 16.6 Å². The first kappa shape index (κ1) is 13.0. The van der Waals surface area contributed by atoms with Crippen LogP contribution in [0.5, 0.6) is 0 Å². The predicted octanol–water partition coefficient (Wildman–Crippen LogP) is 3.05. The van der Waals surface area contributed by atoms with Gasteiger partial charge in [-0.2, -0.15) is 0 Å². The van der Waals surface area contributed by atoms with Crippen LogP contribution < -0.4 is 4.90 Å². The van der Waals surface area contributed by atoms with Crippen LogP contribution in [0.4, 0.5) is 10.1 Å². The van der Waals surface area contributed by atoms with Crippen molar-refractivity contribution in [1.82, 2.24) is 9.88 Å². The number of fused-ring (bicyclic) bond motifs is 1. The van der Waals surface area contributed by atoms with E-state index in [0.717, 1.165) is 24.0 Å². The first-order chi connectivity index (χ1) is 10.3. The summed E-state index contributed by atoms with van der Waals surface area (Å²) in [5, 5.41) is 1.06. The van der Waals surface area contributed by atoms with E-state index in [9.17, 15) is 4.39 Å². The molecule has 0 N–H and O–H groups in total. The molecule has 1 unspecified atom stereocenters. The van der Waals surface area contributed by atoms with E-state index in [1.807, 2.05) is 6.07 Å². The van der Waals surface area contributed by atoms with Gasteiger partial charge in [0.1, 0.15) is 5.82 Å². The van der Waals surface area contributed by atoms with Gasteiger partial charge in [0.05, 0.1) is 5.52 Å². The van der Waals surface area contributed by atoms with Crippen LogP contribution in [0.1, 0.15) is 19.3 Å². The number of benzene rings is 1. The van der Waals surface area contributed by atoms with Gasteiger partial charge in [-0.05, 0) is 50.6 Å². The van der Waals surface area contributed by atoms with Crippen LogP contribution in [-0.4, -0.2) is 42.1 Å². The van der Waals surface area contributed by atoms with Gasteiger partial charge in [0.2, 0.25) is 0 Å². The lowest BCUT2D eigenvalue weighted by atomic mass is 10.1. The molecule has 3 heterocycles. The third kappa shape index (κ3) is 2.38. The topological polar surface area (TPSA) is 19.4 Å². The van der Waals surface area contributed by atoms with E-state index in [1.165, 1.54) is 50.2 Å². The Morgan fingerprint density at radius 1 is 1.10 bits per heavy atom. The number of likely N-dealkylation sites (tertiary alicyclic amines) is 1. The highest BCUT2D eigenvalue weighted by atomic mass is 19.1. The monoisotopic (exact) mass is 285 g/mol. The summed E-state index contributed by atoms with van der Waals surface area (Å²) < 4.78 is 13.4. The smallest absolute Gasteiger partial charge is 0.125 e. The molecule has 1 aromatic carbocycles. The average molecular weight is 285 g/mol. The molecule has 0 aliphatic carbocycles. The SMILES string of the molecule is Fc1ccc2c(N3CCC(N4CCCC4)C3)ccnc2c1. The van der Waals surface area contributed by atoms with Crippen molar-refractivity contribution in [2.45, 2.75) is 25.3 Å². The molecule has 2 aliphatic heterocycles. The number of pyridine rings is 1. The van der Waals surface area contributed by atoms with Crippen LogP contribution in [0.15, 0.2) is 30.5 Å². The Morgan fingerprint density at radius 2 is 1.95 bits per heavy atom. The van der Waals surface area contributed by atoms with Gasteiger partial charge in [-0.1, -0.05) is 0 Å². The Balaban J connectivity index is 1.62. The number of hydrogen-bond donors (Lipinski definition) is 0. The fraction of sp³-hybridized carbons (Fsp3) is 0.471. The third-order valence-corrected chi connectivity index (χ3v) is 4.84. The first-order valence-corrected chi connectivity index (χ1v) is 7.84.